The highest BCUT2D eigenvalue weighted by molar-refractivity contribution is 5.95. The highest BCUT2D eigenvalue weighted by Gasteiger charge is 2.28. The van der Waals surface area contributed by atoms with E-state index in [4.69, 9.17) is 0 Å². The predicted molar refractivity (Wildman–Crippen MR) is 100 cm³/mol. The highest BCUT2D eigenvalue weighted by Crippen LogP contribution is 2.33. The summed E-state index contributed by atoms with van der Waals surface area (Å²) in [4.78, 5) is 21.8. The van der Waals surface area contributed by atoms with Crippen LogP contribution in [0.15, 0.2) is 42.6 Å². The van der Waals surface area contributed by atoms with Gasteiger partial charge in [-0.05, 0) is 43.1 Å². The van der Waals surface area contributed by atoms with Crippen LogP contribution in [0.1, 0.15) is 23.5 Å². The van der Waals surface area contributed by atoms with Crippen LogP contribution in [0.5, 0.6) is 0 Å². The molecule has 5 nitrogen and oxygen atoms in total. The van der Waals surface area contributed by atoms with Gasteiger partial charge in [0.1, 0.15) is 5.82 Å². The lowest BCUT2D eigenvalue weighted by molar-refractivity contribution is -0.117. The van der Waals surface area contributed by atoms with E-state index in [9.17, 15) is 4.79 Å². The van der Waals surface area contributed by atoms with Crippen molar-refractivity contribution < 1.29 is 4.79 Å². The second kappa shape index (κ2) is 6.84. The molecule has 1 aromatic carbocycles. The largest absolute Gasteiger partial charge is 0.368 e. The average molecular weight is 336 g/mol. The van der Waals surface area contributed by atoms with E-state index >= 15 is 0 Å². The quantitative estimate of drug-likeness (QED) is 0.936. The molecule has 0 unspecified atom stereocenters. The highest BCUT2D eigenvalue weighted by atomic mass is 16.1. The first-order valence-corrected chi connectivity index (χ1v) is 8.99. The first-order chi connectivity index (χ1) is 12.2. The number of carbonyl (C=O) groups excluding carboxylic acids is 1. The smallest absolute Gasteiger partial charge is 0.233 e. The van der Waals surface area contributed by atoms with Crippen molar-refractivity contribution in [2.24, 2.45) is 0 Å². The topological polar surface area (TPSA) is 48.5 Å². The van der Waals surface area contributed by atoms with Crippen molar-refractivity contribution in [1.82, 2.24) is 9.88 Å². The minimum atomic E-state index is -0.0599. The van der Waals surface area contributed by atoms with Crippen molar-refractivity contribution in [3.05, 3.63) is 53.7 Å². The van der Waals surface area contributed by atoms with E-state index in [2.05, 4.69) is 45.3 Å². The third kappa shape index (κ3) is 3.37. The molecular formula is C20H24N4O. The first-order valence-electron chi connectivity index (χ1n) is 8.99. The lowest BCUT2D eigenvalue weighted by Crippen LogP contribution is -2.44. The summed E-state index contributed by atoms with van der Waals surface area (Å²) in [6.07, 6.45) is 3.72. The number of carbonyl (C=O) groups is 1. The summed E-state index contributed by atoms with van der Waals surface area (Å²) in [5.74, 6) is 0.618. The first kappa shape index (κ1) is 16.1. The number of pyridine rings is 1. The standard InChI is InChI=1S/C20H24N4O/c1-23-10-12-24(13-11-23)16-7-9-19(21-14-16)22-20(25)18-8-6-15-4-2-3-5-17(15)18/h2-5,7,9,14,18H,6,8,10-13H2,1H3,(H,21,22,25)/t18-/m1/s1. The average Bonchev–Trinajstić information content (AvgIpc) is 3.07. The summed E-state index contributed by atoms with van der Waals surface area (Å²) in [5, 5.41) is 2.99. The van der Waals surface area contributed by atoms with E-state index in [1.165, 1.54) is 5.56 Å². The van der Waals surface area contributed by atoms with Gasteiger partial charge in [0.2, 0.25) is 5.91 Å². The van der Waals surface area contributed by atoms with Gasteiger partial charge in [-0.3, -0.25) is 4.79 Å². The van der Waals surface area contributed by atoms with Gasteiger partial charge in [-0.2, -0.15) is 0 Å². The predicted octanol–water partition coefficient (Wildman–Crippen LogP) is 2.50. The third-order valence-electron chi connectivity index (χ3n) is 5.32. The van der Waals surface area contributed by atoms with Gasteiger partial charge >= 0.3 is 0 Å². The molecule has 1 fully saturated rings. The lowest BCUT2D eigenvalue weighted by atomic mass is 10.0. The van der Waals surface area contributed by atoms with Crippen LogP contribution in [0.25, 0.3) is 0 Å². The molecule has 0 radical (unpaired) electrons. The molecule has 2 heterocycles. The number of rotatable bonds is 3. The summed E-state index contributed by atoms with van der Waals surface area (Å²) in [5.41, 5.74) is 3.58. The molecule has 1 saturated heterocycles. The fourth-order valence-corrected chi connectivity index (χ4v) is 3.75. The van der Waals surface area contributed by atoms with Crippen molar-refractivity contribution in [2.75, 3.05) is 43.4 Å². The summed E-state index contributed by atoms with van der Waals surface area (Å²) in [6, 6.07) is 12.2. The molecule has 0 bridgehead atoms. The summed E-state index contributed by atoms with van der Waals surface area (Å²) in [7, 11) is 2.15. The van der Waals surface area contributed by atoms with E-state index in [1.54, 1.807) is 0 Å². The van der Waals surface area contributed by atoms with Crippen LogP contribution in [0.2, 0.25) is 0 Å². The van der Waals surface area contributed by atoms with Gasteiger partial charge < -0.3 is 15.1 Å². The number of benzene rings is 1. The number of nitrogens with one attached hydrogen (secondary N) is 1. The van der Waals surface area contributed by atoms with Crippen molar-refractivity contribution in [2.45, 2.75) is 18.8 Å². The molecule has 1 aliphatic carbocycles. The zero-order valence-corrected chi connectivity index (χ0v) is 14.6. The van der Waals surface area contributed by atoms with Crippen molar-refractivity contribution in [1.29, 1.82) is 0 Å². The number of piperazine rings is 1. The molecule has 0 spiro atoms. The Morgan fingerprint density at radius 3 is 2.68 bits per heavy atom. The Morgan fingerprint density at radius 1 is 1.12 bits per heavy atom. The number of hydrogen-bond acceptors (Lipinski definition) is 4. The maximum Gasteiger partial charge on any atom is 0.233 e. The second-order valence-corrected chi connectivity index (χ2v) is 6.97. The lowest BCUT2D eigenvalue weighted by Gasteiger charge is -2.33. The number of aryl methyl sites for hydroxylation is 1. The van der Waals surface area contributed by atoms with Gasteiger partial charge in [-0.25, -0.2) is 4.98 Å². The molecule has 130 valence electrons. The number of hydrogen-bond donors (Lipinski definition) is 1. The van der Waals surface area contributed by atoms with Crippen LogP contribution in [-0.4, -0.2) is 49.0 Å². The van der Waals surface area contributed by atoms with Gasteiger partial charge in [0.05, 0.1) is 17.8 Å². The molecule has 1 N–H and O–H groups in total. The fraction of sp³-hybridized carbons (Fsp3) is 0.400. The summed E-state index contributed by atoms with van der Waals surface area (Å²) in [6.45, 7) is 4.17. The van der Waals surface area contributed by atoms with Crippen LogP contribution in [0.4, 0.5) is 11.5 Å². The Labute approximate surface area is 148 Å². The minimum absolute atomic E-state index is 0.0461. The maximum absolute atomic E-state index is 12.6. The molecule has 1 amide bonds. The Kier molecular flexibility index (Phi) is 4.40. The number of fused-ring (bicyclic) bond motifs is 1. The number of amides is 1. The Hall–Kier alpha value is -2.40. The molecule has 1 atom stereocenters. The van der Waals surface area contributed by atoms with Crippen LogP contribution in [0, 0.1) is 0 Å². The monoisotopic (exact) mass is 336 g/mol. The molecule has 2 aromatic rings. The number of aromatic nitrogens is 1. The normalized spacial score (nSPS) is 20.4. The third-order valence-corrected chi connectivity index (χ3v) is 5.32. The summed E-state index contributed by atoms with van der Waals surface area (Å²) >= 11 is 0. The van der Waals surface area contributed by atoms with Gasteiger partial charge in [-0.1, -0.05) is 24.3 Å². The van der Waals surface area contributed by atoms with Crippen LogP contribution < -0.4 is 10.2 Å². The Bertz CT molecular complexity index is 751. The molecular weight excluding hydrogens is 312 g/mol. The number of nitrogens with zero attached hydrogens (tertiary/aromatic N) is 3. The van der Waals surface area contributed by atoms with Crippen LogP contribution in [-0.2, 0) is 11.2 Å². The molecule has 1 aliphatic heterocycles. The molecule has 25 heavy (non-hydrogen) atoms. The molecule has 0 saturated carbocycles. The zero-order valence-electron chi connectivity index (χ0n) is 14.6. The Balaban J connectivity index is 1.41. The fourth-order valence-electron chi connectivity index (χ4n) is 3.75. The maximum atomic E-state index is 12.6. The van der Waals surface area contributed by atoms with E-state index < -0.39 is 0 Å². The van der Waals surface area contributed by atoms with Crippen molar-refractivity contribution in [3.63, 3.8) is 0 Å². The van der Waals surface area contributed by atoms with Gasteiger partial charge in [0.25, 0.3) is 0 Å². The molecule has 4 rings (SSSR count). The van der Waals surface area contributed by atoms with Crippen molar-refractivity contribution in [3.8, 4) is 0 Å². The van der Waals surface area contributed by atoms with E-state index in [0.29, 0.717) is 5.82 Å². The summed E-state index contributed by atoms with van der Waals surface area (Å²) < 4.78 is 0. The van der Waals surface area contributed by atoms with Gasteiger partial charge in [0, 0.05) is 26.2 Å². The SMILES string of the molecule is CN1CCN(c2ccc(NC(=O)[C@@H]3CCc4ccccc43)nc2)CC1. The van der Waals surface area contributed by atoms with E-state index in [1.807, 2.05) is 24.4 Å². The minimum Gasteiger partial charge on any atom is -0.368 e. The van der Waals surface area contributed by atoms with Crippen molar-refractivity contribution >= 4 is 17.4 Å². The van der Waals surface area contributed by atoms with Gasteiger partial charge in [0.15, 0.2) is 0 Å². The van der Waals surface area contributed by atoms with E-state index in [-0.39, 0.29) is 11.8 Å². The molecule has 1 aromatic heterocycles. The zero-order chi connectivity index (χ0) is 17.2. The van der Waals surface area contributed by atoms with Crippen LogP contribution in [0.3, 0.4) is 0 Å². The van der Waals surface area contributed by atoms with Crippen LogP contribution >= 0.6 is 0 Å². The molecule has 2 aliphatic rings. The number of likely N-dealkylation sites (N-methyl/N-ethyl adjacent to an activating group) is 1. The Morgan fingerprint density at radius 2 is 1.92 bits per heavy atom. The van der Waals surface area contributed by atoms with Gasteiger partial charge in [-0.15, -0.1) is 0 Å². The van der Waals surface area contributed by atoms with E-state index in [0.717, 1.165) is 50.3 Å². The molecule has 5 heteroatoms. The number of anilines is 2. The second-order valence-electron chi connectivity index (χ2n) is 6.97.